The molecular weight excluding hydrogens is 529 g/mol. The molecule has 0 heterocycles. The number of ether oxygens (including phenoxy) is 4. The van der Waals surface area contributed by atoms with Gasteiger partial charge >= 0.3 is 0 Å². The lowest BCUT2D eigenvalue weighted by Crippen LogP contribution is -2.46. The summed E-state index contributed by atoms with van der Waals surface area (Å²) in [4.78, 5) is 0. The SMILES string of the molecule is CCCCCC[Si](CCCCCC)(COC)COC.CCCCCC[Si](CCCCCC)(COCC)COCC. The van der Waals surface area contributed by atoms with Gasteiger partial charge in [-0.3, -0.25) is 0 Å². The predicted molar refractivity (Wildman–Crippen MR) is 184 cm³/mol. The average Bonchev–Trinajstić information content (AvgIpc) is 2.96. The minimum Gasteiger partial charge on any atom is -0.388 e. The van der Waals surface area contributed by atoms with E-state index in [1.165, 1.54) is 127 Å². The maximum absolute atomic E-state index is 5.89. The fourth-order valence-corrected chi connectivity index (χ4v) is 14.2. The molecule has 0 unspecified atom stereocenters. The molecule has 0 radical (unpaired) electrons. The van der Waals surface area contributed by atoms with E-state index in [2.05, 4.69) is 41.5 Å². The van der Waals surface area contributed by atoms with Gasteiger partial charge in [0.15, 0.2) is 0 Å². The zero-order valence-electron chi connectivity index (χ0n) is 29.0. The van der Waals surface area contributed by atoms with Crippen molar-refractivity contribution in [1.29, 1.82) is 0 Å². The Morgan fingerprint density at radius 1 is 0.350 bits per heavy atom. The molecule has 0 saturated heterocycles. The molecule has 0 spiro atoms. The maximum Gasteiger partial charge on any atom is 0.113 e. The highest BCUT2D eigenvalue weighted by atomic mass is 28.3. The first-order valence-electron chi connectivity index (χ1n) is 17.6. The number of methoxy groups -OCH3 is 2. The van der Waals surface area contributed by atoms with Gasteiger partial charge in [-0.1, -0.05) is 155 Å². The normalized spacial score (nSPS) is 12.0. The summed E-state index contributed by atoms with van der Waals surface area (Å²) in [6.45, 7) is 15.1. The summed E-state index contributed by atoms with van der Waals surface area (Å²) in [5.41, 5.74) is 0. The van der Waals surface area contributed by atoms with Crippen molar-refractivity contribution >= 4 is 16.1 Å². The lowest BCUT2D eigenvalue weighted by Gasteiger charge is -2.31. The molecule has 0 fully saturated rings. The number of rotatable bonds is 30. The minimum absolute atomic E-state index is 0.852. The smallest absolute Gasteiger partial charge is 0.113 e. The summed E-state index contributed by atoms with van der Waals surface area (Å²) in [5.74, 6) is 0. The zero-order chi connectivity index (χ0) is 30.2. The third kappa shape index (κ3) is 24.8. The molecular formula is C34H76O4Si2. The highest BCUT2D eigenvalue weighted by Crippen LogP contribution is 2.26. The Morgan fingerprint density at radius 3 is 0.850 bits per heavy atom. The van der Waals surface area contributed by atoms with E-state index in [0.29, 0.717) is 0 Å². The van der Waals surface area contributed by atoms with Crippen molar-refractivity contribution in [2.24, 2.45) is 0 Å². The summed E-state index contributed by atoms with van der Waals surface area (Å²) < 4.78 is 22.9. The van der Waals surface area contributed by atoms with E-state index in [-0.39, 0.29) is 0 Å². The number of hydrogen-bond donors (Lipinski definition) is 0. The van der Waals surface area contributed by atoms with Crippen LogP contribution in [0.2, 0.25) is 24.2 Å². The van der Waals surface area contributed by atoms with Gasteiger partial charge in [0.25, 0.3) is 0 Å². The summed E-state index contributed by atoms with van der Waals surface area (Å²) >= 11 is 0. The Balaban J connectivity index is 0. The van der Waals surface area contributed by atoms with Crippen molar-refractivity contribution in [1.82, 2.24) is 0 Å². The van der Waals surface area contributed by atoms with E-state index in [0.717, 1.165) is 38.1 Å². The van der Waals surface area contributed by atoms with E-state index in [1.807, 2.05) is 14.2 Å². The molecule has 0 bridgehead atoms. The van der Waals surface area contributed by atoms with Crippen LogP contribution in [0.4, 0.5) is 0 Å². The van der Waals surface area contributed by atoms with Crippen LogP contribution < -0.4 is 0 Å². The molecule has 0 aromatic carbocycles. The van der Waals surface area contributed by atoms with Gasteiger partial charge < -0.3 is 18.9 Å². The van der Waals surface area contributed by atoms with E-state index >= 15 is 0 Å². The molecule has 0 aromatic heterocycles. The molecule has 0 aliphatic carbocycles. The highest BCUT2D eigenvalue weighted by molar-refractivity contribution is 6.80. The van der Waals surface area contributed by atoms with Gasteiger partial charge in [0.05, 0.1) is 0 Å². The highest BCUT2D eigenvalue weighted by Gasteiger charge is 2.33. The van der Waals surface area contributed by atoms with E-state index in [9.17, 15) is 0 Å². The van der Waals surface area contributed by atoms with Gasteiger partial charge in [-0.2, -0.15) is 0 Å². The van der Waals surface area contributed by atoms with Crippen LogP contribution >= 0.6 is 0 Å². The van der Waals surface area contributed by atoms with Gasteiger partial charge in [-0.25, -0.2) is 0 Å². The van der Waals surface area contributed by atoms with E-state index in [4.69, 9.17) is 18.9 Å². The van der Waals surface area contributed by atoms with Crippen molar-refractivity contribution in [3.63, 3.8) is 0 Å². The summed E-state index contributed by atoms with van der Waals surface area (Å²) in [6, 6.07) is 5.58. The molecule has 40 heavy (non-hydrogen) atoms. The van der Waals surface area contributed by atoms with Gasteiger partial charge in [-0.15, -0.1) is 0 Å². The first-order valence-corrected chi connectivity index (χ1v) is 23.3. The van der Waals surface area contributed by atoms with Crippen molar-refractivity contribution in [2.75, 3.05) is 52.4 Å². The lowest BCUT2D eigenvalue weighted by molar-refractivity contribution is 0.160. The number of unbranched alkanes of at least 4 members (excludes halogenated alkanes) is 12. The van der Waals surface area contributed by atoms with Crippen LogP contribution in [-0.4, -0.2) is 68.5 Å². The summed E-state index contributed by atoms with van der Waals surface area (Å²) in [6.07, 6.45) is 25.8. The molecule has 0 saturated carbocycles. The molecule has 0 N–H and O–H groups in total. The van der Waals surface area contributed by atoms with Gasteiger partial charge in [-0.05, 0) is 13.8 Å². The molecule has 0 aliphatic heterocycles. The fraction of sp³-hybridized carbons (Fsp3) is 1.00. The third-order valence-electron chi connectivity index (χ3n) is 8.37. The van der Waals surface area contributed by atoms with E-state index < -0.39 is 16.1 Å². The third-order valence-corrected chi connectivity index (χ3v) is 17.5. The Labute approximate surface area is 255 Å². The van der Waals surface area contributed by atoms with Crippen molar-refractivity contribution in [2.45, 2.75) is 168 Å². The monoisotopic (exact) mass is 605 g/mol. The standard InChI is InChI=1S/C18H40O2Si.C16H36O2Si/c1-5-9-11-13-15-21(17-19-7-3,18-20-8-4)16-14-12-10-6-2;1-5-7-9-11-13-19(15-17-3,16-18-4)14-12-10-8-6-2/h5-18H2,1-4H3;5-16H2,1-4H3. The Hall–Kier alpha value is 0.274. The minimum atomic E-state index is -1.38. The first-order chi connectivity index (χ1) is 19.5. The van der Waals surface area contributed by atoms with E-state index in [1.54, 1.807) is 0 Å². The summed E-state index contributed by atoms with van der Waals surface area (Å²) in [7, 11) is 0.991. The van der Waals surface area contributed by atoms with Crippen LogP contribution in [0, 0.1) is 0 Å². The number of hydrogen-bond acceptors (Lipinski definition) is 4. The van der Waals surface area contributed by atoms with Gasteiger partial charge in [0.2, 0.25) is 0 Å². The van der Waals surface area contributed by atoms with Crippen molar-refractivity contribution in [3.8, 4) is 0 Å². The predicted octanol–water partition coefficient (Wildman–Crippen LogP) is 10.7. The Kier molecular flexibility index (Phi) is 34.1. The molecule has 0 aromatic rings. The summed E-state index contributed by atoms with van der Waals surface area (Å²) in [5, 5.41) is 0. The molecule has 0 aliphatic rings. The van der Waals surface area contributed by atoms with Crippen LogP contribution in [-0.2, 0) is 18.9 Å². The Bertz CT molecular complexity index is 437. The van der Waals surface area contributed by atoms with Crippen LogP contribution in [0.25, 0.3) is 0 Å². The van der Waals surface area contributed by atoms with Gasteiger partial charge in [0.1, 0.15) is 16.1 Å². The van der Waals surface area contributed by atoms with Gasteiger partial charge in [0, 0.05) is 52.4 Å². The molecule has 0 atom stereocenters. The molecule has 244 valence electrons. The molecule has 4 nitrogen and oxygen atoms in total. The second-order valence-corrected chi connectivity index (χ2v) is 21.5. The Morgan fingerprint density at radius 2 is 0.625 bits per heavy atom. The second-order valence-electron chi connectivity index (χ2n) is 12.4. The second kappa shape index (κ2) is 32.2. The lowest BCUT2D eigenvalue weighted by atomic mass is 10.2. The van der Waals surface area contributed by atoms with Crippen LogP contribution in [0.1, 0.15) is 144 Å². The van der Waals surface area contributed by atoms with Crippen LogP contribution in [0.15, 0.2) is 0 Å². The van der Waals surface area contributed by atoms with Crippen LogP contribution in [0.3, 0.4) is 0 Å². The average molecular weight is 605 g/mol. The van der Waals surface area contributed by atoms with Crippen molar-refractivity contribution in [3.05, 3.63) is 0 Å². The maximum atomic E-state index is 5.89. The van der Waals surface area contributed by atoms with Crippen LogP contribution in [0.5, 0.6) is 0 Å². The molecule has 0 amide bonds. The fourth-order valence-electron chi connectivity index (χ4n) is 5.87. The van der Waals surface area contributed by atoms with Crippen molar-refractivity contribution < 1.29 is 18.9 Å². The molecule has 0 rings (SSSR count). The first kappa shape index (κ1) is 42.4. The molecule has 6 heteroatoms. The topological polar surface area (TPSA) is 36.9 Å². The largest absolute Gasteiger partial charge is 0.388 e. The quantitative estimate of drug-likeness (QED) is 0.0603. The zero-order valence-corrected chi connectivity index (χ0v) is 31.0.